The average Bonchev–Trinajstić information content (AvgIpc) is 2.69. The van der Waals surface area contributed by atoms with E-state index in [9.17, 15) is 10.2 Å². The zero-order chi connectivity index (χ0) is 22.7. The van der Waals surface area contributed by atoms with Crippen molar-refractivity contribution >= 4 is 0 Å². The van der Waals surface area contributed by atoms with Crippen LogP contribution in [0.2, 0.25) is 0 Å². The fraction of sp³-hybridized carbons (Fsp3) is 0.571. The van der Waals surface area contributed by atoms with Gasteiger partial charge in [-0.3, -0.25) is 0 Å². The predicted molar refractivity (Wildman–Crippen MR) is 131 cm³/mol. The standard InChI is InChI=1S/C26H38O2.C2H6/c1-19(11-13-22-18-23(27)14-16-25(22)28)8-6-9-20(2)12-15-24-21(3)10-7-17-26(24,4)5;1-2/h9,11,14,16,18,27-28H,6-8,10,12-13,15,17H2,1-5H3;1-2H3/b19-11+,20-9+;. The SMILES string of the molecule is CC.CC1=C(CC/C(C)=C/CC/C(C)=C/Cc2cc(O)ccc2O)C(C)(C)CCC1. The van der Waals surface area contributed by atoms with Gasteiger partial charge in [-0.2, -0.15) is 0 Å². The molecule has 0 atom stereocenters. The van der Waals surface area contributed by atoms with Crippen molar-refractivity contribution < 1.29 is 10.2 Å². The Hall–Kier alpha value is -1.96. The molecular formula is C28H44O2. The fourth-order valence-corrected chi connectivity index (χ4v) is 4.32. The van der Waals surface area contributed by atoms with Crippen LogP contribution in [0.15, 0.2) is 52.6 Å². The van der Waals surface area contributed by atoms with Crippen LogP contribution in [0.3, 0.4) is 0 Å². The largest absolute Gasteiger partial charge is 0.508 e. The van der Waals surface area contributed by atoms with E-state index in [0.29, 0.717) is 11.8 Å². The smallest absolute Gasteiger partial charge is 0.119 e. The van der Waals surface area contributed by atoms with Gasteiger partial charge in [0.25, 0.3) is 0 Å². The molecule has 0 unspecified atom stereocenters. The number of hydrogen-bond acceptors (Lipinski definition) is 2. The van der Waals surface area contributed by atoms with E-state index in [0.717, 1.165) is 24.8 Å². The Labute approximate surface area is 185 Å². The van der Waals surface area contributed by atoms with Crippen molar-refractivity contribution in [2.24, 2.45) is 5.41 Å². The number of rotatable bonds is 8. The Kier molecular flexibility index (Phi) is 11.0. The maximum absolute atomic E-state index is 9.87. The highest BCUT2D eigenvalue weighted by molar-refractivity contribution is 5.39. The van der Waals surface area contributed by atoms with Crippen LogP contribution in [0.5, 0.6) is 11.5 Å². The van der Waals surface area contributed by atoms with Crippen LogP contribution in [0.4, 0.5) is 0 Å². The second kappa shape index (κ2) is 12.7. The van der Waals surface area contributed by atoms with Crippen molar-refractivity contribution in [3.05, 3.63) is 58.2 Å². The molecule has 0 aliphatic heterocycles. The first-order valence-corrected chi connectivity index (χ1v) is 11.7. The minimum Gasteiger partial charge on any atom is -0.508 e. The lowest BCUT2D eigenvalue weighted by molar-refractivity contribution is 0.354. The van der Waals surface area contributed by atoms with E-state index < -0.39 is 0 Å². The molecule has 0 spiro atoms. The topological polar surface area (TPSA) is 40.5 Å². The molecule has 1 aliphatic carbocycles. The summed E-state index contributed by atoms with van der Waals surface area (Å²) < 4.78 is 0. The Morgan fingerprint density at radius 1 is 1.03 bits per heavy atom. The summed E-state index contributed by atoms with van der Waals surface area (Å²) in [5, 5.41) is 19.4. The van der Waals surface area contributed by atoms with Gasteiger partial charge in [0.05, 0.1) is 0 Å². The van der Waals surface area contributed by atoms with E-state index in [4.69, 9.17) is 0 Å². The normalized spacial score (nSPS) is 16.9. The zero-order valence-corrected chi connectivity index (χ0v) is 20.4. The number of phenols is 2. The van der Waals surface area contributed by atoms with Gasteiger partial charge in [-0.05, 0) is 95.8 Å². The summed E-state index contributed by atoms with van der Waals surface area (Å²) in [5.74, 6) is 0.441. The molecule has 0 amide bonds. The number of phenolic OH excluding ortho intramolecular Hbond substituents is 2. The van der Waals surface area contributed by atoms with Gasteiger partial charge < -0.3 is 10.2 Å². The first-order valence-electron chi connectivity index (χ1n) is 11.7. The summed E-state index contributed by atoms with van der Waals surface area (Å²) in [4.78, 5) is 0. The maximum Gasteiger partial charge on any atom is 0.119 e. The molecule has 0 saturated carbocycles. The van der Waals surface area contributed by atoms with E-state index in [-0.39, 0.29) is 11.5 Å². The van der Waals surface area contributed by atoms with Gasteiger partial charge >= 0.3 is 0 Å². The molecule has 2 N–H and O–H groups in total. The van der Waals surface area contributed by atoms with Crippen LogP contribution < -0.4 is 0 Å². The van der Waals surface area contributed by atoms with Crippen molar-refractivity contribution in [3.8, 4) is 11.5 Å². The maximum atomic E-state index is 9.87. The molecule has 2 nitrogen and oxygen atoms in total. The summed E-state index contributed by atoms with van der Waals surface area (Å²) in [6.45, 7) is 15.5. The van der Waals surface area contributed by atoms with Crippen molar-refractivity contribution in [1.82, 2.24) is 0 Å². The predicted octanol–water partition coefficient (Wildman–Crippen LogP) is 8.65. The lowest BCUT2D eigenvalue weighted by Gasteiger charge is -2.35. The lowest BCUT2D eigenvalue weighted by Crippen LogP contribution is -2.20. The molecule has 1 aromatic rings. The Balaban J connectivity index is 0.00000218. The number of hydrogen-bond donors (Lipinski definition) is 2. The summed E-state index contributed by atoms with van der Waals surface area (Å²) in [5.41, 5.74) is 7.26. The first kappa shape index (κ1) is 26.1. The van der Waals surface area contributed by atoms with Crippen LogP contribution in [-0.4, -0.2) is 10.2 Å². The van der Waals surface area contributed by atoms with Gasteiger partial charge in [0.2, 0.25) is 0 Å². The van der Waals surface area contributed by atoms with Crippen molar-refractivity contribution in [3.63, 3.8) is 0 Å². The van der Waals surface area contributed by atoms with E-state index >= 15 is 0 Å². The van der Waals surface area contributed by atoms with E-state index in [1.807, 2.05) is 13.8 Å². The minimum atomic E-state index is 0.198. The molecule has 0 aromatic heterocycles. The van der Waals surface area contributed by atoms with Crippen LogP contribution in [-0.2, 0) is 6.42 Å². The molecular weight excluding hydrogens is 368 g/mol. The Morgan fingerprint density at radius 3 is 2.37 bits per heavy atom. The van der Waals surface area contributed by atoms with Crippen molar-refractivity contribution in [1.29, 1.82) is 0 Å². The molecule has 0 radical (unpaired) electrons. The number of aromatic hydroxyl groups is 2. The second-order valence-electron chi connectivity index (χ2n) is 9.15. The highest BCUT2D eigenvalue weighted by Crippen LogP contribution is 2.42. The monoisotopic (exact) mass is 412 g/mol. The third kappa shape index (κ3) is 8.42. The number of allylic oxidation sites excluding steroid dienone is 6. The second-order valence-corrected chi connectivity index (χ2v) is 9.15. The van der Waals surface area contributed by atoms with Gasteiger partial charge in [-0.25, -0.2) is 0 Å². The van der Waals surface area contributed by atoms with E-state index in [1.54, 1.807) is 23.3 Å². The Bertz CT molecular complexity index is 763. The summed E-state index contributed by atoms with van der Waals surface area (Å²) in [6.07, 6.45) is 13.6. The molecule has 168 valence electrons. The van der Waals surface area contributed by atoms with Gasteiger partial charge in [0, 0.05) is 5.56 Å². The third-order valence-corrected chi connectivity index (χ3v) is 6.22. The molecule has 2 rings (SSSR count). The van der Waals surface area contributed by atoms with Crippen LogP contribution >= 0.6 is 0 Å². The molecule has 2 heteroatoms. The molecule has 0 fully saturated rings. The third-order valence-electron chi connectivity index (χ3n) is 6.22. The fourth-order valence-electron chi connectivity index (χ4n) is 4.32. The molecule has 1 aromatic carbocycles. The van der Waals surface area contributed by atoms with Crippen molar-refractivity contribution in [2.75, 3.05) is 0 Å². The lowest BCUT2D eigenvalue weighted by atomic mass is 9.71. The van der Waals surface area contributed by atoms with Gasteiger partial charge in [-0.1, -0.05) is 62.1 Å². The van der Waals surface area contributed by atoms with E-state index in [2.05, 4.69) is 46.8 Å². The summed E-state index contributed by atoms with van der Waals surface area (Å²) in [6, 6.07) is 4.69. The first-order chi connectivity index (χ1) is 14.2. The quantitative estimate of drug-likeness (QED) is 0.331. The summed E-state index contributed by atoms with van der Waals surface area (Å²) >= 11 is 0. The highest BCUT2D eigenvalue weighted by Gasteiger charge is 2.27. The van der Waals surface area contributed by atoms with Gasteiger partial charge in [0.15, 0.2) is 0 Å². The average molecular weight is 413 g/mol. The number of benzene rings is 1. The summed E-state index contributed by atoms with van der Waals surface area (Å²) in [7, 11) is 0. The molecule has 0 saturated heterocycles. The minimum absolute atomic E-state index is 0.198. The van der Waals surface area contributed by atoms with Crippen molar-refractivity contribution in [2.45, 2.75) is 99.8 Å². The van der Waals surface area contributed by atoms with Gasteiger partial charge in [0.1, 0.15) is 11.5 Å². The van der Waals surface area contributed by atoms with Crippen LogP contribution in [0.1, 0.15) is 99.0 Å². The highest BCUT2D eigenvalue weighted by atomic mass is 16.3. The van der Waals surface area contributed by atoms with Gasteiger partial charge in [-0.15, -0.1) is 0 Å². The molecule has 0 bridgehead atoms. The molecule has 0 heterocycles. The van der Waals surface area contributed by atoms with Crippen LogP contribution in [0, 0.1) is 5.41 Å². The molecule has 1 aliphatic rings. The molecule has 30 heavy (non-hydrogen) atoms. The van der Waals surface area contributed by atoms with E-state index in [1.165, 1.54) is 42.9 Å². The zero-order valence-electron chi connectivity index (χ0n) is 20.4. The van der Waals surface area contributed by atoms with Crippen LogP contribution in [0.25, 0.3) is 0 Å². The Morgan fingerprint density at radius 2 is 1.70 bits per heavy atom.